The zero-order valence-corrected chi connectivity index (χ0v) is 10.2. The SMILES string of the molecule is NCc1ccc2c(c1)N(C1CC1C(=O)O)C(=O)CO2. The zero-order valence-electron chi connectivity index (χ0n) is 10.2. The number of anilines is 1. The van der Waals surface area contributed by atoms with Gasteiger partial charge in [0.15, 0.2) is 6.61 Å². The summed E-state index contributed by atoms with van der Waals surface area (Å²) in [5.74, 6) is -0.930. The van der Waals surface area contributed by atoms with E-state index in [1.807, 2.05) is 6.07 Å². The number of nitrogens with zero attached hydrogens (tertiary/aromatic N) is 1. The number of hydrogen-bond donors (Lipinski definition) is 2. The number of ether oxygens (including phenoxy) is 1. The lowest BCUT2D eigenvalue weighted by atomic mass is 10.1. The number of carbonyl (C=O) groups is 2. The predicted octanol–water partition coefficient (Wildman–Crippen LogP) is 0.344. The van der Waals surface area contributed by atoms with E-state index in [2.05, 4.69) is 0 Å². The molecule has 1 amide bonds. The topological polar surface area (TPSA) is 92.9 Å². The number of fused-ring (bicyclic) bond motifs is 1. The molecule has 1 heterocycles. The highest BCUT2D eigenvalue weighted by atomic mass is 16.5. The third kappa shape index (κ3) is 1.94. The van der Waals surface area contributed by atoms with E-state index in [9.17, 15) is 9.59 Å². The lowest BCUT2D eigenvalue weighted by molar-refractivity contribution is -0.138. The van der Waals surface area contributed by atoms with Gasteiger partial charge in [0.05, 0.1) is 17.6 Å². The van der Waals surface area contributed by atoms with Gasteiger partial charge in [-0.3, -0.25) is 9.59 Å². The normalized spacial score (nSPS) is 24.7. The van der Waals surface area contributed by atoms with Crippen LogP contribution in [0.2, 0.25) is 0 Å². The highest BCUT2D eigenvalue weighted by Gasteiger charge is 2.50. The maximum Gasteiger partial charge on any atom is 0.308 e. The van der Waals surface area contributed by atoms with Gasteiger partial charge in [-0.25, -0.2) is 0 Å². The molecule has 1 aliphatic heterocycles. The predicted molar refractivity (Wildman–Crippen MR) is 66.8 cm³/mol. The smallest absolute Gasteiger partial charge is 0.308 e. The molecule has 0 aromatic heterocycles. The van der Waals surface area contributed by atoms with E-state index in [0.29, 0.717) is 24.4 Å². The van der Waals surface area contributed by atoms with Crippen LogP contribution in [-0.2, 0) is 16.1 Å². The van der Waals surface area contributed by atoms with Crippen molar-refractivity contribution in [3.8, 4) is 5.75 Å². The van der Waals surface area contributed by atoms with Gasteiger partial charge < -0.3 is 20.5 Å². The van der Waals surface area contributed by atoms with Crippen molar-refractivity contribution in [2.45, 2.75) is 19.0 Å². The van der Waals surface area contributed by atoms with Crippen LogP contribution in [0.4, 0.5) is 5.69 Å². The number of rotatable bonds is 3. The molecule has 0 radical (unpaired) electrons. The Bertz CT molecular complexity index is 558. The van der Waals surface area contributed by atoms with E-state index in [-0.39, 0.29) is 18.6 Å². The fraction of sp³-hybridized carbons (Fsp3) is 0.385. The van der Waals surface area contributed by atoms with Gasteiger partial charge in [-0.05, 0) is 24.1 Å². The van der Waals surface area contributed by atoms with E-state index in [1.54, 1.807) is 17.0 Å². The summed E-state index contributed by atoms with van der Waals surface area (Å²) in [5.41, 5.74) is 7.11. The van der Waals surface area contributed by atoms with Crippen molar-refractivity contribution in [1.82, 2.24) is 0 Å². The second-order valence-corrected chi connectivity index (χ2v) is 4.81. The molecule has 1 aliphatic carbocycles. The molecule has 3 N–H and O–H groups in total. The number of carboxylic acids is 1. The van der Waals surface area contributed by atoms with E-state index in [4.69, 9.17) is 15.6 Å². The number of aliphatic carboxylic acids is 1. The van der Waals surface area contributed by atoms with Gasteiger partial charge in [-0.2, -0.15) is 0 Å². The Kier molecular flexibility index (Phi) is 2.67. The first-order chi connectivity index (χ1) is 9.11. The summed E-state index contributed by atoms with van der Waals surface area (Å²) >= 11 is 0. The third-order valence-corrected chi connectivity index (χ3v) is 3.54. The van der Waals surface area contributed by atoms with Gasteiger partial charge in [0.1, 0.15) is 5.75 Å². The number of amides is 1. The molecule has 6 heteroatoms. The molecule has 3 rings (SSSR count). The van der Waals surface area contributed by atoms with Crippen molar-refractivity contribution in [2.75, 3.05) is 11.5 Å². The molecule has 1 aromatic carbocycles. The van der Waals surface area contributed by atoms with E-state index in [0.717, 1.165) is 5.56 Å². The van der Waals surface area contributed by atoms with Crippen LogP contribution in [0.25, 0.3) is 0 Å². The molecule has 0 bridgehead atoms. The number of carboxylic acid groups (broad SMARTS) is 1. The van der Waals surface area contributed by atoms with Crippen molar-refractivity contribution in [3.63, 3.8) is 0 Å². The average Bonchev–Trinajstić information content (AvgIpc) is 3.18. The van der Waals surface area contributed by atoms with Crippen molar-refractivity contribution < 1.29 is 19.4 Å². The van der Waals surface area contributed by atoms with Crippen LogP contribution in [0.3, 0.4) is 0 Å². The Balaban J connectivity index is 1.97. The van der Waals surface area contributed by atoms with Gasteiger partial charge in [-0.1, -0.05) is 6.07 Å². The first-order valence-corrected chi connectivity index (χ1v) is 6.12. The largest absolute Gasteiger partial charge is 0.482 e. The lowest BCUT2D eigenvalue weighted by Crippen LogP contribution is -2.41. The zero-order chi connectivity index (χ0) is 13.6. The molecule has 2 atom stereocenters. The summed E-state index contributed by atoms with van der Waals surface area (Å²) in [6.45, 7) is 0.320. The van der Waals surface area contributed by atoms with Gasteiger partial charge in [-0.15, -0.1) is 0 Å². The lowest BCUT2D eigenvalue weighted by Gasteiger charge is -2.30. The van der Waals surface area contributed by atoms with E-state index >= 15 is 0 Å². The monoisotopic (exact) mass is 262 g/mol. The van der Waals surface area contributed by atoms with Crippen molar-refractivity contribution in [2.24, 2.45) is 11.7 Å². The third-order valence-electron chi connectivity index (χ3n) is 3.54. The molecule has 19 heavy (non-hydrogen) atoms. The summed E-state index contributed by atoms with van der Waals surface area (Å²) in [4.78, 5) is 24.5. The molecule has 1 aromatic rings. The molecule has 1 saturated carbocycles. The minimum Gasteiger partial charge on any atom is -0.482 e. The van der Waals surface area contributed by atoms with Crippen LogP contribution in [0.5, 0.6) is 5.75 Å². The molecule has 6 nitrogen and oxygen atoms in total. The van der Waals surface area contributed by atoms with Crippen molar-refractivity contribution in [1.29, 1.82) is 0 Å². The Labute approximate surface area is 109 Å². The van der Waals surface area contributed by atoms with Crippen molar-refractivity contribution in [3.05, 3.63) is 23.8 Å². The number of benzene rings is 1. The second-order valence-electron chi connectivity index (χ2n) is 4.81. The summed E-state index contributed by atoms with van der Waals surface area (Å²) in [6, 6.07) is 5.15. The van der Waals surface area contributed by atoms with Gasteiger partial charge in [0.2, 0.25) is 0 Å². The highest BCUT2D eigenvalue weighted by molar-refractivity contribution is 6.00. The summed E-state index contributed by atoms with van der Waals surface area (Å²) < 4.78 is 5.36. The molecule has 1 fully saturated rings. The minimum absolute atomic E-state index is 0.0438. The number of nitrogens with two attached hydrogens (primary N) is 1. The highest BCUT2D eigenvalue weighted by Crippen LogP contribution is 2.43. The molecule has 100 valence electrons. The molecule has 2 aliphatic rings. The van der Waals surface area contributed by atoms with Crippen LogP contribution in [0.15, 0.2) is 18.2 Å². The summed E-state index contributed by atoms with van der Waals surface area (Å²) in [6.07, 6.45) is 0.493. The van der Waals surface area contributed by atoms with Crippen LogP contribution in [0.1, 0.15) is 12.0 Å². The van der Waals surface area contributed by atoms with Crippen molar-refractivity contribution >= 4 is 17.6 Å². The molecular weight excluding hydrogens is 248 g/mol. The second kappa shape index (κ2) is 4.24. The maximum absolute atomic E-state index is 12.0. The molecule has 0 spiro atoms. The fourth-order valence-electron chi connectivity index (χ4n) is 2.44. The molecule has 0 saturated heterocycles. The summed E-state index contributed by atoms with van der Waals surface area (Å²) in [5, 5.41) is 9.00. The van der Waals surface area contributed by atoms with E-state index < -0.39 is 11.9 Å². The Hall–Kier alpha value is -2.08. The standard InChI is InChI=1S/C13H14N2O4/c14-5-7-1-2-11-10(3-7)15(12(16)6-19-11)9-4-8(9)13(17)18/h1-3,8-9H,4-6,14H2,(H,17,18). The Morgan fingerprint density at radius 2 is 2.32 bits per heavy atom. The summed E-state index contributed by atoms with van der Waals surface area (Å²) in [7, 11) is 0. The van der Waals surface area contributed by atoms with Crippen LogP contribution >= 0.6 is 0 Å². The van der Waals surface area contributed by atoms with Crippen LogP contribution < -0.4 is 15.4 Å². The fourth-order valence-corrected chi connectivity index (χ4v) is 2.44. The minimum atomic E-state index is -0.860. The maximum atomic E-state index is 12.0. The quantitative estimate of drug-likeness (QED) is 0.819. The van der Waals surface area contributed by atoms with Gasteiger partial charge in [0.25, 0.3) is 5.91 Å². The Morgan fingerprint density at radius 1 is 1.53 bits per heavy atom. The van der Waals surface area contributed by atoms with E-state index in [1.165, 1.54) is 0 Å². The van der Waals surface area contributed by atoms with Crippen LogP contribution in [-0.4, -0.2) is 29.6 Å². The van der Waals surface area contributed by atoms with Gasteiger partial charge in [0, 0.05) is 6.54 Å². The van der Waals surface area contributed by atoms with Gasteiger partial charge >= 0.3 is 5.97 Å². The van der Waals surface area contributed by atoms with Crippen LogP contribution in [0, 0.1) is 5.92 Å². The Morgan fingerprint density at radius 3 is 2.95 bits per heavy atom. The average molecular weight is 262 g/mol. The first-order valence-electron chi connectivity index (χ1n) is 6.12. The molecule has 2 unspecified atom stereocenters. The first kappa shape index (κ1) is 12.0. The number of hydrogen-bond acceptors (Lipinski definition) is 4. The number of carbonyl (C=O) groups excluding carboxylic acids is 1. The molecular formula is C13H14N2O4.